The first kappa shape index (κ1) is 12.2. The van der Waals surface area contributed by atoms with Gasteiger partial charge < -0.3 is 15.0 Å². The van der Waals surface area contributed by atoms with Crippen LogP contribution in [0.4, 0.5) is 0 Å². The number of methoxy groups -OCH3 is 1. The molecule has 3 rings (SSSR count). The van der Waals surface area contributed by atoms with Gasteiger partial charge in [0, 0.05) is 12.0 Å². The molecule has 100 valence electrons. The second-order valence-electron chi connectivity index (χ2n) is 5.18. The molecule has 1 fully saturated rings. The molecule has 0 radical (unpaired) electrons. The number of likely N-dealkylation sites (N-methyl/N-ethyl adjacent to an activating group) is 1. The minimum atomic E-state index is 0.236. The van der Waals surface area contributed by atoms with Crippen molar-refractivity contribution >= 4 is 0 Å². The van der Waals surface area contributed by atoms with E-state index in [1.807, 2.05) is 37.5 Å². The fourth-order valence-corrected chi connectivity index (χ4v) is 2.49. The standard InChI is InChI=1S/C15H19N3O/c1-16-10-15(7-8-15)14-17-9-13(18-14)11-3-5-12(19-2)6-4-11/h3-6,9,16H,7-8,10H2,1-2H3,(H,17,18). The molecule has 1 aliphatic carbocycles. The van der Waals surface area contributed by atoms with Crippen molar-refractivity contribution in [1.82, 2.24) is 15.3 Å². The van der Waals surface area contributed by atoms with Crippen LogP contribution in [0.5, 0.6) is 5.75 Å². The molecule has 19 heavy (non-hydrogen) atoms. The van der Waals surface area contributed by atoms with Crippen LogP contribution >= 0.6 is 0 Å². The smallest absolute Gasteiger partial charge is 0.118 e. The van der Waals surface area contributed by atoms with Crippen molar-refractivity contribution in [3.8, 4) is 17.0 Å². The Bertz CT molecular complexity index is 555. The molecule has 1 aromatic carbocycles. The van der Waals surface area contributed by atoms with Crippen LogP contribution in [0.15, 0.2) is 30.5 Å². The summed E-state index contributed by atoms with van der Waals surface area (Å²) in [6.07, 6.45) is 4.35. The molecule has 4 heteroatoms. The highest BCUT2D eigenvalue weighted by Gasteiger charge is 2.46. The zero-order valence-electron chi connectivity index (χ0n) is 11.4. The second kappa shape index (κ2) is 4.70. The molecule has 2 aromatic rings. The van der Waals surface area contributed by atoms with Gasteiger partial charge in [-0.15, -0.1) is 0 Å². The molecular formula is C15H19N3O. The third kappa shape index (κ3) is 2.24. The largest absolute Gasteiger partial charge is 0.497 e. The number of rotatable bonds is 5. The first-order chi connectivity index (χ1) is 9.27. The molecule has 4 nitrogen and oxygen atoms in total. The molecule has 1 saturated carbocycles. The van der Waals surface area contributed by atoms with Gasteiger partial charge in [0.2, 0.25) is 0 Å². The Hall–Kier alpha value is -1.81. The molecule has 1 heterocycles. The lowest BCUT2D eigenvalue weighted by Gasteiger charge is -2.10. The predicted molar refractivity (Wildman–Crippen MR) is 75.4 cm³/mol. The molecule has 0 saturated heterocycles. The van der Waals surface area contributed by atoms with E-state index in [0.717, 1.165) is 29.4 Å². The van der Waals surface area contributed by atoms with Crippen molar-refractivity contribution in [3.05, 3.63) is 36.3 Å². The first-order valence-corrected chi connectivity index (χ1v) is 6.62. The number of ether oxygens (including phenoxy) is 1. The summed E-state index contributed by atoms with van der Waals surface area (Å²) in [5.74, 6) is 1.98. The van der Waals surface area contributed by atoms with Gasteiger partial charge in [0.05, 0.1) is 19.0 Å². The van der Waals surface area contributed by atoms with Crippen LogP contribution in [-0.4, -0.2) is 30.7 Å². The van der Waals surface area contributed by atoms with E-state index in [0.29, 0.717) is 0 Å². The van der Waals surface area contributed by atoms with E-state index < -0.39 is 0 Å². The van der Waals surface area contributed by atoms with Gasteiger partial charge in [-0.05, 0) is 49.7 Å². The quantitative estimate of drug-likeness (QED) is 0.864. The summed E-state index contributed by atoms with van der Waals surface area (Å²) >= 11 is 0. The Morgan fingerprint density at radius 2 is 2.05 bits per heavy atom. The molecule has 0 bridgehead atoms. The van der Waals surface area contributed by atoms with E-state index in [4.69, 9.17) is 4.74 Å². The predicted octanol–water partition coefficient (Wildman–Crippen LogP) is 2.34. The Morgan fingerprint density at radius 3 is 2.63 bits per heavy atom. The van der Waals surface area contributed by atoms with Crippen LogP contribution in [0.2, 0.25) is 0 Å². The van der Waals surface area contributed by atoms with Gasteiger partial charge in [-0.1, -0.05) is 0 Å². The molecular weight excluding hydrogens is 238 g/mol. The van der Waals surface area contributed by atoms with Gasteiger partial charge >= 0.3 is 0 Å². The van der Waals surface area contributed by atoms with Gasteiger partial charge in [0.25, 0.3) is 0 Å². The lowest BCUT2D eigenvalue weighted by atomic mass is 10.1. The Kier molecular flexibility index (Phi) is 3.03. The van der Waals surface area contributed by atoms with E-state index in [-0.39, 0.29) is 5.41 Å². The van der Waals surface area contributed by atoms with E-state index in [1.165, 1.54) is 12.8 Å². The molecule has 0 spiro atoms. The molecule has 1 aromatic heterocycles. The summed E-state index contributed by atoms with van der Waals surface area (Å²) in [7, 11) is 3.67. The summed E-state index contributed by atoms with van der Waals surface area (Å²) in [6.45, 7) is 0.989. The Balaban J connectivity index is 1.84. The van der Waals surface area contributed by atoms with E-state index in [9.17, 15) is 0 Å². The van der Waals surface area contributed by atoms with Crippen LogP contribution in [-0.2, 0) is 5.41 Å². The van der Waals surface area contributed by atoms with E-state index in [1.54, 1.807) is 7.11 Å². The fourth-order valence-electron chi connectivity index (χ4n) is 2.49. The number of H-pyrrole nitrogens is 1. The molecule has 0 atom stereocenters. The summed E-state index contributed by atoms with van der Waals surface area (Å²) in [6, 6.07) is 8.04. The topological polar surface area (TPSA) is 49.9 Å². The number of benzene rings is 1. The minimum absolute atomic E-state index is 0.236. The fraction of sp³-hybridized carbons (Fsp3) is 0.400. The van der Waals surface area contributed by atoms with E-state index >= 15 is 0 Å². The molecule has 1 aliphatic rings. The lowest BCUT2D eigenvalue weighted by molar-refractivity contribution is 0.415. The van der Waals surface area contributed by atoms with Gasteiger partial charge in [-0.3, -0.25) is 0 Å². The number of hydrogen-bond acceptors (Lipinski definition) is 3. The summed E-state index contributed by atoms with van der Waals surface area (Å²) in [5.41, 5.74) is 2.44. The average molecular weight is 257 g/mol. The van der Waals surface area contributed by atoms with Gasteiger partial charge in [-0.2, -0.15) is 0 Å². The summed E-state index contributed by atoms with van der Waals surface area (Å²) in [5, 5.41) is 3.26. The number of aromatic amines is 1. The maximum absolute atomic E-state index is 5.17. The van der Waals surface area contributed by atoms with Crippen LogP contribution in [0.3, 0.4) is 0 Å². The highest BCUT2D eigenvalue weighted by Crippen LogP contribution is 2.46. The zero-order chi connectivity index (χ0) is 13.3. The second-order valence-corrected chi connectivity index (χ2v) is 5.18. The zero-order valence-corrected chi connectivity index (χ0v) is 11.4. The van der Waals surface area contributed by atoms with Crippen LogP contribution in [0, 0.1) is 0 Å². The number of nitrogens with one attached hydrogen (secondary N) is 2. The molecule has 0 aliphatic heterocycles. The van der Waals surface area contributed by atoms with Gasteiger partial charge in [0.1, 0.15) is 11.6 Å². The van der Waals surface area contributed by atoms with Crippen molar-refractivity contribution in [2.45, 2.75) is 18.3 Å². The maximum atomic E-state index is 5.17. The molecule has 0 amide bonds. The summed E-state index contributed by atoms with van der Waals surface area (Å²) in [4.78, 5) is 8.02. The first-order valence-electron chi connectivity index (χ1n) is 6.62. The van der Waals surface area contributed by atoms with Crippen molar-refractivity contribution < 1.29 is 4.74 Å². The van der Waals surface area contributed by atoms with Crippen molar-refractivity contribution in [2.75, 3.05) is 20.7 Å². The monoisotopic (exact) mass is 257 g/mol. The minimum Gasteiger partial charge on any atom is -0.497 e. The summed E-state index contributed by atoms with van der Waals surface area (Å²) < 4.78 is 5.17. The third-order valence-corrected chi connectivity index (χ3v) is 3.85. The Morgan fingerprint density at radius 1 is 1.32 bits per heavy atom. The van der Waals surface area contributed by atoms with Crippen LogP contribution < -0.4 is 10.1 Å². The van der Waals surface area contributed by atoms with Crippen molar-refractivity contribution in [3.63, 3.8) is 0 Å². The SMILES string of the molecule is CNCC1(c2ncc(-c3ccc(OC)cc3)[nH]2)CC1. The number of aromatic nitrogens is 2. The highest BCUT2D eigenvalue weighted by molar-refractivity contribution is 5.59. The normalized spacial score (nSPS) is 16.3. The van der Waals surface area contributed by atoms with E-state index in [2.05, 4.69) is 15.3 Å². The van der Waals surface area contributed by atoms with Crippen molar-refractivity contribution in [2.24, 2.45) is 0 Å². The van der Waals surface area contributed by atoms with Crippen molar-refractivity contribution in [1.29, 1.82) is 0 Å². The van der Waals surface area contributed by atoms with Crippen LogP contribution in [0.1, 0.15) is 18.7 Å². The average Bonchev–Trinajstić information content (AvgIpc) is 3.05. The van der Waals surface area contributed by atoms with Crippen LogP contribution in [0.25, 0.3) is 11.3 Å². The Labute approximate surface area is 113 Å². The molecule has 2 N–H and O–H groups in total. The highest BCUT2D eigenvalue weighted by atomic mass is 16.5. The maximum Gasteiger partial charge on any atom is 0.118 e. The number of imidazole rings is 1. The van der Waals surface area contributed by atoms with Gasteiger partial charge in [0.15, 0.2) is 0 Å². The number of nitrogens with zero attached hydrogens (tertiary/aromatic N) is 1. The molecule has 0 unspecified atom stereocenters. The van der Waals surface area contributed by atoms with Gasteiger partial charge in [-0.25, -0.2) is 4.98 Å². The third-order valence-electron chi connectivity index (χ3n) is 3.85. The lowest BCUT2D eigenvalue weighted by Crippen LogP contribution is -2.24. The number of hydrogen-bond donors (Lipinski definition) is 2.